The molecule has 0 aromatic heterocycles. The summed E-state index contributed by atoms with van der Waals surface area (Å²) in [7, 11) is 0. The monoisotopic (exact) mass is 472 g/mol. The van der Waals surface area contributed by atoms with Gasteiger partial charge < -0.3 is 15.8 Å². The Morgan fingerprint density at radius 1 is 0.829 bits per heavy atom. The molecule has 0 fully saturated rings. The Morgan fingerprint density at radius 2 is 1.37 bits per heavy atom. The molecule has 0 saturated heterocycles. The normalized spacial score (nSPS) is 12.1. The molecule has 0 spiro atoms. The number of esters is 1. The predicted octanol–water partition coefficient (Wildman–Crippen LogP) is 5.24. The highest BCUT2D eigenvalue weighted by Crippen LogP contribution is 2.41. The first-order valence-electron chi connectivity index (χ1n) is 12.4. The van der Waals surface area contributed by atoms with Gasteiger partial charge in [0.2, 0.25) is 5.91 Å². The fraction of sp³-hybridized carbons (Fsp3) is 0.333. The summed E-state index contributed by atoms with van der Waals surface area (Å²) in [5.74, 6) is -0.609. The van der Waals surface area contributed by atoms with Gasteiger partial charge in [-0.3, -0.25) is 4.79 Å². The summed E-state index contributed by atoms with van der Waals surface area (Å²) in [4.78, 5) is 26.2. The number of amides is 1. The van der Waals surface area contributed by atoms with Gasteiger partial charge in [0.25, 0.3) is 0 Å². The lowest BCUT2D eigenvalue weighted by Crippen LogP contribution is -2.45. The SMILES string of the molecule is CCC(NC(=O)CCCCCN)C(=O)OC(c1ccccc1)(c1ccccc1)c1ccc(C)cc1. The number of rotatable bonds is 12. The van der Waals surface area contributed by atoms with Gasteiger partial charge in [0.15, 0.2) is 5.60 Å². The van der Waals surface area contributed by atoms with E-state index in [2.05, 4.69) is 5.32 Å². The fourth-order valence-electron chi connectivity index (χ4n) is 4.23. The summed E-state index contributed by atoms with van der Waals surface area (Å²) in [6, 6.07) is 26.8. The van der Waals surface area contributed by atoms with Crippen LogP contribution in [-0.4, -0.2) is 24.5 Å². The molecule has 184 valence electrons. The summed E-state index contributed by atoms with van der Waals surface area (Å²) >= 11 is 0. The highest BCUT2D eigenvalue weighted by Gasteiger charge is 2.42. The minimum atomic E-state index is -1.16. The van der Waals surface area contributed by atoms with Crippen molar-refractivity contribution in [3.8, 4) is 0 Å². The Hall–Kier alpha value is -3.44. The van der Waals surface area contributed by atoms with E-state index in [1.165, 1.54) is 0 Å². The van der Waals surface area contributed by atoms with Crippen molar-refractivity contribution in [2.75, 3.05) is 6.54 Å². The van der Waals surface area contributed by atoms with Crippen LogP contribution in [0.1, 0.15) is 61.3 Å². The van der Waals surface area contributed by atoms with Crippen molar-refractivity contribution in [2.24, 2.45) is 5.73 Å². The van der Waals surface area contributed by atoms with Crippen molar-refractivity contribution in [1.82, 2.24) is 5.32 Å². The number of aryl methyl sites for hydroxylation is 1. The largest absolute Gasteiger partial charge is 0.443 e. The van der Waals surface area contributed by atoms with Crippen molar-refractivity contribution in [3.05, 3.63) is 107 Å². The van der Waals surface area contributed by atoms with E-state index < -0.39 is 17.6 Å². The van der Waals surface area contributed by atoms with Crippen LogP contribution in [0.5, 0.6) is 0 Å². The minimum absolute atomic E-state index is 0.147. The number of nitrogens with one attached hydrogen (secondary N) is 1. The topological polar surface area (TPSA) is 81.4 Å². The maximum atomic E-state index is 13.6. The third-order valence-electron chi connectivity index (χ3n) is 6.21. The summed E-state index contributed by atoms with van der Waals surface area (Å²) in [6.45, 7) is 4.52. The van der Waals surface area contributed by atoms with Gasteiger partial charge in [-0.05, 0) is 32.7 Å². The van der Waals surface area contributed by atoms with E-state index in [0.29, 0.717) is 19.4 Å². The van der Waals surface area contributed by atoms with Crippen LogP contribution in [0.3, 0.4) is 0 Å². The standard InChI is InChI=1S/C30H36N2O3/c1-3-27(32-28(33)17-11-6-12-22-31)29(34)35-30(24-13-7-4-8-14-24,25-15-9-5-10-16-25)26-20-18-23(2)19-21-26/h4-5,7-10,13-16,18-21,27H,3,6,11-12,17,22,31H2,1-2H3,(H,32,33). The summed E-state index contributed by atoms with van der Waals surface area (Å²) in [5, 5.41) is 2.88. The Balaban J connectivity index is 1.98. The van der Waals surface area contributed by atoms with E-state index in [1.807, 2.05) is 98.8 Å². The second-order valence-electron chi connectivity index (χ2n) is 8.83. The van der Waals surface area contributed by atoms with Crippen molar-refractivity contribution >= 4 is 11.9 Å². The maximum absolute atomic E-state index is 13.6. The Bertz CT molecular complexity index is 1030. The first-order valence-corrected chi connectivity index (χ1v) is 12.4. The zero-order valence-corrected chi connectivity index (χ0v) is 20.7. The molecule has 3 rings (SSSR count). The van der Waals surface area contributed by atoms with Crippen molar-refractivity contribution < 1.29 is 14.3 Å². The molecule has 0 bridgehead atoms. The lowest BCUT2D eigenvalue weighted by atomic mass is 9.79. The highest BCUT2D eigenvalue weighted by molar-refractivity contribution is 5.85. The third kappa shape index (κ3) is 6.58. The van der Waals surface area contributed by atoms with Crippen LogP contribution >= 0.6 is 0 Å². The molecule has 0 saturated carbocycles. The number of ether oxygens (including phenoxy) is 1. The second-order valence-corrected chi connectivity index (χ2v) is 8.83. The molecule has 5 nitrogen and oxygen atoms in total. The number of hydrogen-bond acceptors (Lipinski definition) is 4. The van der Waals surface area contributed by atoms with Gasteiger partial charge in [0.1, 0.15) is 6.04 Å². The molecule has 0 aliphatic heterocycles. The molecule has 3 N–H and O–H groups in total. The first-order chi connectivity index (χ1) is 17.0. The first kappa shape index (κ1) is 26.2. The van der Waals surface area contributed by atoms with E-state index in [4.69, 9.17) is 10.5 Å². The number of unbranched alkanes of at least 4 members (excludes halogenated alkanes) is 2. The molecule has 35 heavy (non-hydrogen) atoms. The van der Waals surface area contributed by atoms with Gasteiger partial charge in [0, 0.05) is 23.1 Å². The molecule has 0 radical (unpaired) electrons. The van der Waals surface area contributed by atoms with Crippen LogP contribution in [0.25, 0.3) is 0 Å². The summed E-state index contributed by atoms with van der Waals surface area (Å²) < 4.78 is 6.46. The molecule has 3 aromatic carbocycles. The molecular formula is C30H36N2O3. The maximum Gasteiger partial charge on any atom is 0.330 e. The molecular weight excluding hydrogens is 436 g/mol. The average Bonchev–Trinajstić information content (AvgIpc) is 2.90. The van der Waals surface area contributed by atoms with Crippen molar-refractivity contribution in [2.45, 2.75) is 57.6 Å². The van der Waals surface area contributed by atoms with Crippen LogP contribution in [0.4, 0.5) is 0 Å². The van der Waals surface area contributed by atoms with E-state index in [1.54, 1.807) is 0 Å². The van der Waals surface area contributed by atoms with Gasteiger partial charge in [-0.1, -0.05) is 104 Å². The van der Waals surface area contributed by atoms with Gasteiger partial charge >= 0.3 is 5.97 Å². The summed E-state index contributed by atoms with van der Waals surface area (Å²) in [5.41, 5.74) is 8.01. The Labute approximate surface area is 208 Å². The second kappa shape index (κ2) is 12.9. The van der Waals surface area contributed by atoms with Gasteiger partial charge in [0.05, 0.1) is 0 Å². The van der Waals surface area contributed by atoms with E-state index >= 15 is 0 Å². The molecule has 1 unspecified atom stereocenters. The lowest BCUT2D eigenvalue weighted by molar-refractivity contribution is -0.157. The number of nitrogens with two attached hydrogens (primary N) is 1. The molecule has 1 amide bonds. The molecule has 0 aliphatic carbocycles. The number of carbonyl (C=O) groups is 2. The van der Waals surface area contributed by atoms with E-state index in [0.717, 1.165) is 41.5 Å². The van der Waals surface area contributed by atoms with E-state index in [-0.39, 0.29) is 5.91 Å². The zero-order chi connectivity index (χ0) is 25.1. The van der Waals surface area contributed by atoms with Crippen LogP contribution in [0, 0.1) is 6.92 Å². The smallest absolute Gasteiger partial charge is 0.330 e. The number of hydrogen-bond donors (Lipinski definition) is 2. The van der Waals surface area contributed by atoms with Crippen LogP contribution < -0.4 is 11.1 Å². The van der Waals surface area contributed by atoms with Crippen LogP contribution in [-0.2, 0) is 19.9 Å². The van der Waals surface area contributed by atoms with Crippen LogP contribution in [0.2, 0.25) is 0 Å². The zero-order valence-electron chi connectivity index (χ0n) is 20.7. The number of carbonyl (C=O) groups excluding carboxylic acids is 2. The minimum Gasteiger partial charge on any atom is -0.443 e. The lowest BCUT2D eigenvalue weighted by Gasteiger charge is -2.36. The molecule has 3 aromatic rings. The molecule has 1 atom stereocenters. The predicted molar refractivity (Wildman–Crippen MR) is 140 cm³/mol. The number of benzene rings is 3. The highest BCUT2D eigenvalue weighted by atomic mass is 16.6. The van der Waals surface area contributed by atoms with Gasteiger partial charge in [-0.2, -0.15) is 0 Å². The molecule has 0 aliphatic rings. The van der Waals surface area contributed by atoms with Crippen LogP contribution in [0.15, 0.2) is 84.9 Å². The van der Waals surface area contributed by atoms with Crippen molar-refractivity contribution in [3.63, 3.8) is 0 Å². The third-order valence-corrected chi connectivity index (χ3v) is 6.21. The Kier molecular flexibility index (Phi) is 9.62. The molecule has 5 heteroatoms. The fourth-order valence-corrected chi connectivity index (χ4v) is 4.23. The van der Waals surface area contributed by atoms with Gasteiger partial charge in [-0.25, -0.2) is 4.79 Å². The van der Waals surface area contributed by atoms with Gasteiger partial charge in [-0.15, -0.1) is 0 Å². The van der Waals surface area contributed by atoms with Crippen molar-refractivity contribution in [1.29, 1.82) is 0 Å². The average molecular weight is 473 g/mol. The molecule has 0 heterocycles. The quantitative estimate of drug-likeness (QED) is 0.214. The van der Waals surface area contributed by atoms with E-state index in [9.17, 15) is 9.59 Å². The summed E-state index contributed by atoms with van der Waals surface area (Å²) in [6.07, 6.45) is 3.32. The Morgan fingerprint density at radius 3 is 1.89 bits per heavy atom.